The van der Waals surface area contributed by atoms with E-state index in [-0.39, 0.29) is 5.76 Å². The van der Waals surface area contributed by atoms with Crippen molar-refractivity contribution in [1.82, 2.24) is 15.2 Å². The fourth-order valence-corrected chi connectivity index (χ4v) is 2.79. The second-order valence-corrected chi connectivity index (χ2v) is 6.17. The zero-order valence-electron chi connectivity index (χ0n) is 15.5. The Kier molecular flexibility index (Phi) is 5.16. The van der Waals surface area contributed by atoms with Crippen molar-refractivity contribution >= 4 is 18.0 Å². The molecule has 0 aliphatic carbocycles. The maximum Gasteiger partial charge on any atom is 0.433 e. The van der Waals surface area contributed by atoms with Gasteiger partial charge in [-0.2, -0.15) is 10.2 Å². The first-order valence-corrected chi connectivity index (χ1v) is 8.90. The summed E-state index contributed by atoms with van der Waals surface area (Å²) in [6.45, 7) is 0. The lowest BCUT2D eigenvalue weighted by Gasteiger charge is -2.01. The second kappa shape index (κ2) is 8.23. The van der Waals surface area contributed by atoms with Crippen molar-refractivity contribution < 1.29 is 14.1 Å². The molecular formula is C21H15N5O4. The molecule has 148 valence electrons. The van der Waals surface area contributed by atoms with Crippen LogP contribution in [-0.2, 0) is 0 Å². The Hall–Kier alpha value is -4.53. The van der Waals surface area contributed by atoms with Crippen LogP contribution in [0, 0.1) is 10.1 Å². The van der Waals surface area contributed by atoms with Crippen LogP contribution in [0.25, 0.3) is 16.9 Å². The first-order valence-electron chi connectivity index (χ1n) is 8.90. The maximum absolute atomic E-state index is 12.8. The Bertz CT molecular complexity index is 1210. The summed E-state index contributed by atoms with van der Waals surface area (Å²) in [5.41, 5.74) is 4.82. The SMILES string of the molecule is O=C(N/N=C\c1ccc([N+](=O)[O-])o1)c1cn(-c2ccccc2)nc1-c1ccccc1. The first kappa shape index (κ1) is 18.8. The predicted octanol–water partition coefficient (Wildman–Crippen LogP) is 3.80. The number of aromatic nitrogens is 2. The zero-order valence-corrected chi connectivity index (χ0v) is 15.5. The van der Waals surface area contributed by atoms with Gasteiger partial charge < -0.3 is 4.42 Å². The highest BCUT2D eigenvalue weighted by molar-refractivity contribution is 6.00. The molecule has 2 aromatic carbocycles. The lowest BCUT2D eigenvalue weighted by atomic mass is 10.1. The molecule has 30 heavy (non-hydrogen) atoms. The topological polar surface area (TPSA) is 116 Å². The molecule has 4 rings (SSSR count). The molecule has 0 aliphatic rings. The molecule has 0 aliphatic heterocycles. The molecule has 9 heteroatoms. The van der Waals surface area contributed by atoms with Crippen molar-refractivity contribution in [3.63, 3.8) is 0 Å². The average Bonchev–Trinajstić information content (AvgIpc) is 3.43. The number of carbonyl (C=O) groups excluding carboxylic acids is 1. The van der Waals surface area contributed by atoms with E-state index in [0.29, 0.717) is 11.3 Å². The molecule has 0 radical (unpaired) electrons. The van der Waals surface area contributed by atoms with Gasteiger partial charge in [0.15, 0.2) is 5.76 Å². The molecule has 2 aromatic heterocycles. The number of para-hydroxylation sites is 1. The minimum atomic E-state index is -0.653. The van der Waals surface area contributed by atoms with Crippen molar-refractivity contribution in [1.29, 1.82) is 0 Å². The molecule has 0 unspecified atom stereocenters. The van der Waals surface area contributed by atoms with Gasteiger partial charge in [-0.3, -0.25) is 14.9 Å². The van der Waals surface area contributed by atoms with Gasteiger partial charge in [0.1, 0.15) is 10.6 Å². The minimum absolute atomic E-state index is 0.144. The van der Waals surface area contributed by atoms with Gasteiger partial charge in [-0.25, -0.2) is 10.1 Å². The van der Waals surface area contributed by atoms with Gasteiger partial charge in [0, 0.05) is 11.8 Å². The minimum Gasteiger partial charge on any atom is -0.400 e. The van der Waals surface area contributed by atoms with Gasteiger partial charge in [-0.05, 0) is 18.2 Å². The highest BCUT2D eigenvalue weighted by atomic mass is 16.6. The van der Waals surface area contributed by atoms with E-state index in [4.69, 9.17) is 4.42 Å². The van der Waals surface area contributed by atoms with Gasteiger partial charge >= 0.3 is 5.88 Å². The number of nitrogens with zero attached hydrogens (tertiary/aromatic N) is 4. The summed E-state index contributed by atoms with van der Waals surface area (Å²) in [5, 5.41) is 19.1. The zero-order chi connectivity index (χ0) is 20.9. The number of amides is 1. The highest BCUT2D eigenvalue weighted by Crippen LogP contribution is 2.23. The van der Waals surface area contributed by atoms with Crippen LogP contribution >= 0.6 is 0 Å². The molecule has 0 fully saturated rings. The predicted molar refractivity (Wildman–Crippen MR) is 109 cm³/mol. The highest BCUT2D eigenvalue weighted by Gasteiger charge is 2.18. The number of rotatable bonds is 6. The van der Waals surface area contributed by atoms with Crippen LogP contribution in [0.2, 0.25) is 0 Å². The summed E-state index contributed by atoms with van der Waals surface area (Å²) in [6, 6.07) is 21.3. The molecule has 1 N–H and O–H groups in total. The Morgan fingerprint density at radius 1 is 1.07 bits per heavy atom. The van der Waals surface area contributed by atoms with E-state index in [1.54, 1.807) is 10.9 Å². The van der Waals surface area contributed by atoms with Crippen molar-refractivity contribution in [2.45, 2.75) is 0 Å². The lowest BCUT2D eigenvalue weighted by Crippen LogP contribution is -2.17. The molecule has 2 heterocycles. The largest absolute Gasteiger partial charge is 0.433 e. The molecule has 0 bridgehead atoms. The summed E-state index contributed by atoms with van der Waals surface area (Å²) in [6.07, 6.45) is 2.81. The van der Waals surface area contributed by atoms with E-state index in [2.05, 4.69) is 15.6 Å². The number of benzene rings is 2. The van der Waals surface area contributed by atoms with E-state index in [9.17, 15) is 14.9 Å². The van der Waals surface area contributed by atoms with Crippen LogP contribution < -0.4 is 5.43 Å². The average molecular weight is 401 g/mol. The normalized spacial score (nSPS) is 10.9. The van der Waals surface area contributed by atoms with Crippen LogP contribution in [0.1, 0.15) is 16.1 Å². The summed E-state index contributed by atoms with van der Waals surface area (Å²) >= 11 is 0. The third kappa shape index (κ3) is 3.99. The number of carbonyl (C=O) groups is 1. The third-order valence-electron chi connectivity index (χ3n) is 4.18. The summed E-state index contributed by atoms with van der Waals surface area (Å²) in [4.78, 5) is 22.8. The number of hydrazone groups is 1. The number of hydrogen-bond donors (Lipinski definition) is 1. The second-order valence-electron chi connectivity index (χ2n) is 6.17. The molecule has 9 nitrogen and oxygen atoms in total. The quantitative estimate of drug-likeness (QED) is 0.300. The Balaban J connectivity index is 1.61. The number of nitrogens with one attached hydrogen (secondary N) is 1. The Morgan fingerprint density at radius 2 is 1.77 bits per heavy atom. The lowest BCUT2D eigenvalue weighted by molar-refractivity contribution is -0.402. The van der Waals surface area contributed by atoms with E-state index in [0.717, 1.165) is 11.3 Å². The fraction of sp³-hybridized carbons (Fsp3) is 0. The molecular weight excluding hydrogens is 386 g/mol. The van der Waals surface area contributed by atoms with Gasteiger partial charge in [0.05, 0.1) is 23.5 Å². The smallest absolute Gasteiger partial charge is 0.400 e. The van der Waals surface area contributed by atoms with Crippen LogP contribution in [0.15, 0.2) is 88.5 Å². The monoisotopic (exact) mass is 401 g/mol. The van der Waals surface area contributed by atoms with Crippen molar-refractivity contribution in [3.05, 3.63) is 100 Å². The Morgan fingerprint density at radius 3 is 2.43 bits per heavy atom. The van der Waals surface area contributed by atoms with Crippen LogP contribution in [0.5, 0.6) is 0 Å². The third-order valence-corrected chi connectivity index (χ3v) is 4.18. The number of nitro groups is 1. The summed E-state index contributed by atoms with van der Waals surface area (Å²) < 4.78 is 6.59. The van der Waals surface area contributed by atoms with E-state index < -0.39 is 16.7 Å². The molecule has 0 saturated carbocycles. The van der Waals surface area contributed by atoms with Crippen LogP contribution in [0.4, 0.5) is 5.88 Å². The van der Waals surface area contributed by atoms with E-state index in [1.807, 2.05) is 60.7 Å². The fourth-order valence-electron chi connectivity index (χ4n) is 2.79. The molecule has 1 amide bonds. The van der Waals surface area contributed by atoms with Gasteiger partial charge in [0.2, 0.25) is 0 Å². The van der Waals surface area contributed by atoms with E-state index in [1.165, 1.54) is 18.3 Å². The van der Waals surface area contributed by atoms with Gasteiger partial charge in [-0.1, -0.05) is 48.5 Å². The Labute approximate surface area is 170 Å². The number of hydrogen-bond acceptors (Lipinski definition) is 6. The standard InChI is InChI=1S/C21H15N5O4/c27-21(23-22-13-17-11-12-19(30-17)26(28)29)18-14-25(16-9-5-2-6-10-16)24-20(18)15-7-3-1-4-8-15/h1-14H,(H,23,27)/b22-13-. The van der Waals surface area contributed by atoms with E-state index >= 15 is 0 Å². The van der Waals surface area contributed by atoms with Crippen molar-refractivity contribution in [2.24, 2.45) is 5.10 Å². The molecule has 0 spiro atoms. The van der Waals surface area contributed by atoms with Gasteiger partial charge in [0.25, 0.3) is 5.91 Å². The summed E-state index contributed by atoms with van der Waals surface area (Å²) in [5.74, 6) is -0.739. The first-order chi connectivity index (χ1) is 14.6. The van der Waals surface area contributed by atoms with Crippen LogP contribution in [-0.4, -0.2) is 26.8 Å². The van der Waals surface area contributed by atoms with Crippen LogP contribution in [0.3, 0.4) is 0 Å². The molecule has 4 aromatic rings. The number of furan rings is 1. The molecule has 0 saturated heterocycles. The van der Waals surface area contributed by atoms with Crippen molar-refractivity contribution in [3.8, 4) is 16.9 Å². The summed E-state index contributed by atoms with van der Waals surface area (Å²) in [7, 11) is 0. The maximum atomic E-state index is 12.8. The molecule has 0 atom stereocenters. The van der Waals surface area contributed by atoms with Crippen molar-refractivity contribution in [2.75, 3.05) is 0 Å². The van der Waals surface area contributed by atoms with Gasteiger partial charge in [-0.15, -0.1) is 0 Å².